The van der Waals surface area contributed by atoms with Gasteiger partial charge in [0.25, 0.3) is 0 Å². The first-order chi connectivity index (χ1) is 17.5. The Labute approximate surface area is 209 Å². The lowest BCUT2D eigenvalue weighted by molar-refractivity contribution is 0.507. The molecule has 2 aromatic carbocycles. The van der Waals surface area contributed by atoms with E-state index in [0.717, 1.165) is 48.5 Å². The first-order valence-corrected chi connectivity index (χ1v) is 12.4. The van der Waals surface area contributed by atoms with Gasteiger partial charge in [-0.1, -0.05) is 0 Å². The number of hydrogen-bond acceptors (Lipinski definition) is 6. The third-order valence-corrected chi connectivity index (χ3v) is 7.28. The summed E-state index contributed by atoms with van der Waals surface area (Å²) >= 11 is 0. The smallest absolute Gasteiger partial charge is 0.167 e. The minimum atomic E-state index is -0.565. The van der Waals surface area contributed by atoms with Gasteiger partial charge in [-0.05, 0) is 74.2 Å². The SMILES string of the molecule is CN(c1ccc(-n2c(-c3ccc(C#N)c(F)c3)nc3c(N4CCC[C@@H](N)C4)ccnc32)cc1)C1CC1. The monoisotopic (exact) mass is 481 g/mol. The number of halogens is 1. The van der Waals surface area contributed by atoms with Gasteiger partial charge >= 0.3 is 0 Å². The van der Waals surface area contributed by atoms with E-state index in [4.69, 9.17) is 15.7 Å². The van der Waals surface area contributed by atoms with Gasteiger partial charge in [0, 0.05) is 55.4 Å². The van der Waals surface area contributed by atoms with Crippen molar-refractivity contribution in [2.75, 3.05) is 29.9 Å². The molecule has 2 fully saturated rings. The summed E-state index contributed by atoms with van der Waals surface area (Å²) in [7, 11) is 2.13. The molecule has 2 aliphatic rings. The molecule has 0 amide bonds. The topological polar surface area (TPSA) is 87.0 Å². The average molecular weight is 482 g/mol. The molecule has 4 aromatic rings. The Morgan fingerprint density at radius 2 is 1.92 bits per heavy atom. The van der Waals surface area contributed by atoms with Gasteiger partial charge in [0.1, 0.15) is 23.2 Å². The van der Waals surface area contributed by atoms with E-state index < -0.39 is 5.82 Å². The number of benzene rings is 2. The molecular weight excluding hydrogens is 453 g/mol. The minimum absolute atomic E-state index is 0.00926. The molecule has 0 unspecified atom stereocenters. The van der Waals surface area contributed by atoms with Crippen molar-refractivity contribution < 1.29 is 4.39 Å². The zero-order valence-electron chi connectivity index (χ0n) is 20.2. The number of hydrogen-bond donors (Lipinski definition) is 1. The molecule has 36 heavy (non-hydrogen) atoms. The van der Waals surface area contributed by atoms with Crippen LogP contribution in [0, 0.1) is 17.1 Å². The molecule has 1 aliphatic heterocycles. The molecule has 2 aromatic heterocycles. The molecular formula is C28H28FN7. The first kappa shape index (κ1) is 22.5. The van der Waals surface area contributed by atoms with Gasteiger partial charge in [0.2, 0.25) is 0 Å². The Morgan fingerprint density at radius 1 is 1.11 bits per heavy atom. The van der Waals surface area contributed by atoms with Crippen LogP contribution in [0.15, 0.2) is 54.7 Å². The van der Waals surface area contributed by atoms with Crippen LogP contribution in [0.4, 0.5) is 15.8 Å². The van der Waals surface area contributed by atoms with Crippen molar-refractivity contribution in [2.24, 2.45) is 5.73 Å². The second-order valence-corrected chi connectivity index (χ2v) is 9.79. The lowest BCUT2D eigenvalue weighted by Gasteiger charge is -2.32. The highest BCUT2D eigenvalue weighted by atomic mass is 19.1. The molecule has 0 spiro atoms. The van der Waals surface area contributed by atoms with Crippen LogP contribution in [-0.4, -0.2) is 46.8 Å². The van der Waals surface area contributed by atoms with Crippen LogP contribution in [0.5, 0.6) is 0 Å². The van der Waals surface area contributed by atoms with E-state index in [2.05, 4.69) is 41.1 Å². The maximum Gasteiger partial charge on any atom is 0.167 e. The zero-order valence-corrected chi connectivity index (χ0v) is 20.2. The standard InChI is InChI=1S/C28H28FN7/c1-34(21-6-7-21)22-8-10-23(11-9-22)36-27(18-4-5-19(16-30)24(29)15-18)33-26-25(12-13-32-28(26)36)35-14-2-3-20(31)17-35/h4-5,8-13,15,20-21H,2-3,6-7,14,17,31H2,1H3/t20-/m1/s1. The number of aromatic nitrogens is 3. The number of rotatable bonds is 5. The molecule has 1 saturated carbocycles. The number of nitrogens with zero attached hydrogens (tertiary/aromatic N) is 6. The van der Waals surface area contributed by atoms with Gasteiger partial charge in [-0.3, -0.25) is 4.57 Å². The second-order valence-electron chi connectivity index (χ2n) is 9.79. The molecule has 6 rings (SSSR count). The molecule has 2 N–H and O–H groups in total. The highest BCUT2D eigenvalue weighted by Crippen LogP contribution is 2.35. The van der Waals surface area contributed by atoms with Gasteiger partial charge in [0.15, 0.2) is 5.65 Å². The van der Waals surface area contributed by atoms with Crippen molar-refractivity contribution >= 4 is 22.5 Å². The molecule has 1 saturated heterocycles. The third-order valence-electron chi connectivity index (χ3n) is 7.28. The Bertz CT molecular complexity index is 1470. The molecule has 8 heteroatoms. The normalized spacial score (nSPS) is 17.8. The van der Waals surface area contributed by atoms with E-state index in [1.165, 1.54) is 25.0 Å². The van der Waals surface area contributed by atoms with Crippen molar-refractivity contribution in [1.82, 2.24) is 14.5 Å². The number of nitrogens with two attached hydrogens (primary N) is 1. The van der Waals surface area contributed by atoms with Gasteiger partial charge in [0.05, 0.1) is 11.3 Å². The quantitative estimate of drug-likeness (QED) is 0.447. The summed E-state index contributed by atoms with van der Waals surface area (Å²) in [6.07, 6.45) is 6.29. The Balaban J connectivity index is 1.52. The molecule has 3 heterocycles. The van der Waals surface area contributed by atoms with Crippen molar-refractivity contribution in [1.29, 1.82) is 5.26 Å². The van der Waals surface area contributed by atoms with E-state index in [1.54, 1.807) is 12.3 Å². The predicted octanol–water partition coefficient (Wildman–Crippen LogP) is 4.62. The van der Waals surface area contributed by atoms with Gasteiger partial charge in [-0.2, -0.15) is 5.26 Å². The Hall–Kier alpha value is -3.96. The highest BCUT2D eigenvalue weighted by molar-refractivity contribution is 5.90. The Morgan fingerprint density at radius 3 is 2.61 bits per heavy atom. The van der Waals surface area contributed by atoms with E-state index in [-0.39, 0.29) is 11.6 Å². The van der Waals surface area contributed by atoms with Crippen LogP contribution in [0.3, 0.4) is 0 Å². The van der Waals surface area contributed by atoms with Crippen LogP contribution in [0.25, 0.3) is 28.2 Å². The summed E-state index contributed by atoms with van der Waals surface area (Å²) in [6, 6.07) is 17.6. The largest absolute Gasteiger partial charge is 0.372 e. The van der Waals surface area contributed by atoms with Crippen molar-refractivity contribution in [2.45, 2.75) is 37.8 Å². The summed E-state index contributed by atoms with van der Waals surface area (Å²) in [4.78, 5) is 14.3. The van der Waals surface area contributed by atoms with Gasteiger partial charge in [-0.15, -0.1) is 0 Å². The molecule has 7 nitrogen and oxygen atoms in total. The van der Waals surface area contributed by atoms with Crippen LogP contribution in [0.1, 0.15) is 31.2 Å². The van der Waals surface area contributed by atoms with Crippen LogP contribution in [0.2, 0.25) is 0 Å². The average Bonchev–Trinajstić information content (AvgIpc) is 3.68. The summed E-state index contributed by atoms with van der Waals surface area (Å²) in [5.41, 5.74) is 11.4. The number of piperidine rings is 1. The lowest BCUT2D eigenvalue weighted by Crippen LogP contribution is -2.42. The summed E-state index contributed by atoms with van der Waals surface area (Å²) < 4.78 is 16.6. The van der Waals surface area contributed by atoms with Crippen LogP contribution in [-0.2, 0) is 0 Å². The number of nitriles is 1. The maximum absolute atomic E-state index is 14.7. The number of imidazole rings is 1. The number of fused-ring (bicyclic) bond motifs is 1. The summed E-state index contributed by atoms with van der Waals surface area (Å²) in [5.74, 6) is 0.0168. The molecule has 182 valence electrons. The van der Waals surface area contributed by atoms with E-state index >= 15 is 0 Å². The molecule has 0 radical (unpaired) electrons. The number of pyridine rings is 1. The van der Waals surface area contributed by atoms with Crippen molar-refractivity contribution in [3.05, 3.63) is 66.1 Å². The minimum Gasteiger partial charge on any atom is -0.372 e. The van der Waals surface area contributed by atoms with E-state index in [1.807, 2.05) is 16.7 Å². The third kappa shape index (κ3) is 3.95. The van der Waals surface area contributed by atoms with Gasteiger partial charge in [-0.25, -0.2) is 14.4 Å². The summed E-state index contributed by atoms with van der Waals surface area (Å²) in [5, 5.41) is 9.20. The van der Waals surface area contributed by atoms with Crippen molar-refractivity contribution in [3.8, 4) is 23.1 Å². The fraction of sp³-hybridized carbons (Fsp3) is 0.321. The maximum atomic E-state index is 14.7. The highest BCUT2D eigenvalue weighted by Gasteiger charge is 2.27. The molecule has 0 bridgehead atoms. The van der Waals surface area contributed by atoms with Crippen LogP contribution < -0.4 is 15.5 Å². The van der Waals surface area contributed by atoms with Crippen LogP contribution >= 0.6 is 0 Å². The zero-order chi connectivity index (χ0) is 24.8. The fourth-order valence-electron chi connectivity index (χ4n) is 5.14. The predicted molar refractivity (Wildman–Crippen MR) is 140 cm³/mol. The molecule has 1 aliphatic carbocycles. The first-order valence-electron chi connectivity index (χ1n) is 12.4. The number of anilines is 2. The molecule has 1 atom stereocenters. The van der Waals surface area contributed by atoms with E-state index in [0.29, 0.717) is 23.1 Å². The van der Waals surface area contributed by atoms with Gasteiger partial charge < -0.3 is 15.5 Å². The van der Waals surface area contributed by atoms with E-state index in [9.17, 15) is 9.65 Å². The summed E-state index contributed by atoms with van der Waals surface area (Å²) in [6.45, 7) is 1.66. The lowest BCUT2D eigenvalue weighted by atomic mass is 10.1. The van der Waals surface area contributed by atoms with Crippen molar-refractivity contribution in [3.63, 3.8) is 0 Å². The second kappa shape index (κ2) is 8.92. The Kier molecular flexibility index (Phi) is 5.57. The fourth-order valence-corrected chi connectivity index (χ4v) is 5.14.